The van der Waals surface area contributed by atoms with Crippen LogP contribution in [0.5, 0.6) is 0 Å². The molecule has 0 saturated carbocycles. The van der Waals surface area contributed by atoms with Crippen LogP contribution in [0.2, 0.25) is 0 Å². The number of benzene rings is 1. The molecular weight excluding hydrogens is 216 g/mol. The molecule has 17 heavy (non-hydrogen) atoms. The SMILES string of the molecule is Cc1cc(N)ccc1C(=O)Nc1cnccn1. The molecule has 0 aliphatic rings. The summed E-state index contributed by atoms with van der Waals surface area (Å²) in [7, 11) is 0. The number of carbonyl (C=O) groups excluding carboxylic acids is 1. The van der Waals surface area contributed by atoms with E-state index in [1.165, 1.54) is 12.4 Å². The molecule has 1 aromatic heterocycles. The summed E-state index contributed by atoms with van der Waals surface area (Å²) in [5.41, 5.74) is 7.66. The van der Waals surface area contributed by atoms with Gasteiger partial charge >= 0.3 is 0 Å². The highest BCUT2D eigenvalue weighted by molar-refractivity contribution is 6.04. The molecular formula is C12H12N4O. The van der Waals surface area contributed by atoms with Gasteiger partial charge in [0.25, 0.3) is 5.91 Å². The minimum atomic E-state index is -0.219. The van der Waals surface area contributed by atoms with Gasteiger partial charge in [0.1, 0.15) is 0 Å². The van der Waals surface area contributed by atoms with E-state index in [-0.39, 0.29) is 5.91 Å². The standard InChI is InChI=1S/C12H12N4O/c1-8-6-9(13)2-3-10(8)12(17)16-11-7-14-4-5-15-11/h2-7H,13H2,1H3,(H,15,16,17). The lowest BCUT2D eigenvalue weighted by molar-refractivity contribution is 0.102. The van der Waals surface area contributed by atoms with E-state index in [9.17, 15) is 4.79 Å². The van der Waals surface area contributed by atoms with Crippen LogP contribution >= 0.6 is 0 Å². The van der Waals surface area contributed by atoms with Crippen molar-refractivity contribution in [3.8, 4) is 0 Å². The zero-order valence-corrected chi connectivity index (χ0v) is 9.34. The summed E-state index contributed by atoms with van der Waals surface area (Å²) >= 11 is 0. The summed E-state index contributed by atoms with van der Waals surface area (Å²) < 4.78 is 0. The summed E-state index contributed by atoms with van der Waals surface area (Å²) in [5, 5.41) is 2.67. The van der Waals surface area contributed by atoms with Gasteiger partial charge in [0, 0.05) is 23.6 Å². The quantitative estimate of drug-likeness (QED) is 0.765. The van der Waals surface area contributed by atoms with Crippen molar-refractivity contribution in [3.05, 3.63) is 47.9 Å². The molecule has 1 amide bonds. The number of anilines is 2. The number of nitrogens with two attached hydrogens (primary N) is 1. The van der Waals surface area contributed by atoms with Crippen molar-refractivity contribution in [2.24, 2.45) is 0 Å². The first kappa shape index (κ1) is 11.1. The highest BCUT2D eigenvalue weighted by atomic mass is 16.1. The fourth-order valence-electron chi connectivity index (χ4n) is 1.49. The molecule has 0 spiro atoms. The first-order valence-electron chi connectivity index (χ1n) is 5.10. The highest BCUT2D eigenvalue weighted by Gasteiger charge is 2.09. The Hall–Kier alpha value is -2.43. The molecule has 0 aliphatic heterocycles. The summed E-state index contributed by atoms with van der Waals surface area (Å²) in [6, 6.07) is 5.14. The Morgan fingerprint density at radius 1 is 1.35 bits per heavy atom. The minimum absolute atomic E-state index is 0.219. The van der Waals surface area contributed by atoms with Gasteiger partial charge in [-0.2, -0.15) is 0 Å². The van der Waals surface area contributed by atoms with E-state index in [2.05, 4.69) is 15.3 Å². The summed E-state index contributed by atoms with van der Waals surface area (Å²) in [4.78, 5) is 19.8. The summed E-state index contributed by atoms with van der Waals surface area (Å²) in [5.74, 6) is 0.205. The fraction of sp³-hybridized carbons (Fsp3) is 0.0833. The Bertz CT molecular complexity index is 539. The molecule has 1 heterocycles. The maximum atomic E-state index is 11.9. The third-order valence-electron chi connectivity index (χ3n) is 2.30. The lowest BCUT2D eigenvalue weighted by Crippen LogP contribution is -2.14. The van der Waals surface area contributed by atoms with Crippen molar-refractivity contribution in [1.82, 2.24) is 9.97 Å². The van der Waals surface area contributed by atoms with Crippen LogP contribution in [0, 0.1) is 6.92 Å². The van der Waals surface area contributed by atoms with Crippen molar-refractivity contribution in [2.75, 3.05) is 11.1 Å². The van der Waals surface area contributed by atoms with Gasteiger partial charge in [-0.3, -0.25) is 9.78 Å². The molecule has 2 aromatic rings. The monoisotopic (exact) mass is 228 g/mol. The molecule has 3 N–H and O–H groups in total. The lowest BCUT2D eigenvalue weighted by atomic mass is 10.1. The maximum absolute atomic E-state index is 11.9. The van der Waals surface area contributed by atoms with Gasteiger partial charge in [0.05, 0.1) is 6.20 Å². The Kier molecular flexibility index (Phi) is 3.00. The Labute approximate surface area is 98.7 Å². The van der Waals surface area contributed by atoms with E-state index in [1.807, 2.05) is 6.92 Å². The molecule has 5 heteroatoms. The average molecular weight is 228 g/mol. The number of carbonyl (C=O) groups is 1. The van der Waals surface area contributed by atoms with Crippen LogP contribution in [0.1, 0.15) is 15.9 Å². The Morgan fingerprint density at radius 2 is 2.18 bits per heavy atom. The average Bonchev–Trinajstić information content (AvgIpc) is 2.30. The van der Waals surface area contributed by atoms with Gasteiger partial charge in [0.15, 0.2) is 5.82 Å². The predicted octanol–water partition coefficient (Wildman–Crippen LogP) is 1.62. The van der Waals surface area contributed by atoms with Gasteiger partial charge < -0.3 is 11.1 Å². The first-order valence-corrected chi connectivity index (χ1v) is 5.10. The van der Waals surface area contributed by atoms with Crippen LogP contribution in [-0.2, 0) is 0 Å². The van der Waals surface area contributed by atoms with E-state index in [0.29, 0.717) is 17.1 Å². The van der Waals surface area contributed by atoms with Gasteiger partial charge in [0.2, 0.25) is 0 Å². The number of rotatable bonds is 2. The molecule has 0 saturated heterocycles. The third-order valence-corrected chi connectivity index (χ3v) is 2.30. The lowest BCUT2D eigenvalue weighted by Gasteiger charge is -2.07. The zero-order chi connectivity index (χ0) is 12.3. The number of hydrogen-bond donors (Lipinski definition) is 2. The van der Waals surface area contributed by atoms with Gasteiger partial charge in [-0.1, -0.05) is 0 Å². The zero-order valence-electron chi connectivity index (χ0n) is 9.34. The molecule has 0 fully saturated rings. The normalized spacial score (nSPS) is 9.94. The third kappa shape index (κ3) is 2.57. The van der Waals surface area contributed by atoms with Crippen molar-refractivity contribution >= 4 is 17.4 Å². The summed E-state index contributed by atoms with van der Waals surface area (Å²) in [6.07, 6.45) is 4.56. The largest absolute Gasteiger partial charge is 0.399 e. The number of nitrogens with zero attached hydrogens (tertiary/aromatic N) is 2. The Balaban J connectivity index is 2.21. The Morgan fingerprint density at radius 3 is 2.82 bits per heavy atom. The molecule has 86 valence electrons. The van der Waals surface area contributed by atoms with E-state index < -0.39 is 0 Å². The second kappa shape index (κ2) is 4.61. The number of hydrogen-bond acceptors (Lipinski definition) is 4. The smallest absolute Gasteiger partial charge is 0.257 e. The predicted molar refractivity (Wildman–Crippen MR) is 65.6 cm³/mol. The molecule has 1 aromatic carbocycles. The first-order chi connectivity index (χ1) is 8.16. The highest BCUT2D eigenvalue weighted by Crippen LogP contribution is 2.13. The van der Waals surface area contributed by atoms with E-state index in [0.717, 1.165) is 5.56 Å². The molecule has 0 atom stereocenters. The number of amides is 1. The maximum Gasteiger partial charge on any atom is 0.257 e. The molecule has 0 radical (unpaired) electrons. The van der Waals surface area contributed by atoms with Crippen LogP contribution in [0.4, 0.5) is 11.5 Å². The topological polar surface area (TPSA) is 80.9 Å². The number of nitrogens with one attached hydrogen (secondary N) is 1. The van der Waals surface area contributed by atoms with Crippen LogP contribution in [0.25, 0.3) is 0 Å². The van der Waals surface area contributed by atoms with E-state index in [4.69, 9.17) is 5.73 Å². The van der Waals surface area contributed by atoms with E-state index >= 15 is 0 Å². The van der Waals surface area contributed by atoms with Crippen LogP contribution < -0.4 is 11.1 Å². The fourth-order valence-corrected chi connectivity index (χ4v) is 1.49. The molecule has 0 bridgehead atoms. The van der Waals surface area contributed by atoms with Gasteiger partial charge in [-0.15, -0.1) is 0 Å². The van der Waals surface area contributed by atoms with Crippen molar-refractivity contribution in [1.29, 1.82) is 0 Å². The molecule has 5 nitrogen and oxygen atoms in total. The second-order valence-electron chi connectivity index (χ2n) is 3.62. The van der Waals surface area contributed by atoms with E-state index in [1.54, 1.807) is 24.4 Å². The van der Waals surface area contributed by atoms with Crippen LogP contribution in [0.3, 0.4) is 0 Å². The van der Waals surface area contributed by atoms with Gasteiger partial charge in [-0.05, 0) is 30.7 Å². The number of nitrogen functional groups attached to an aromatic ring is 1. The molecule has 0 aliphatic carbocycles. The number of aromatic nitrogens is 2. The summed E-state index contributed by atoms with van der Waals surface area (Å²) in [6.45, 7) is 1.84. The molecule has 2 rings (SSSR count). The minimum Gasteiger partial charge on any atom is -0.399 e. The van der Waals surface area contributed by atoms with Crippen molar-refractivity contribution in [2.45, 2.75) is 6.92 Å². The van der Waals surface area contributed by atoms with Crippen molar-refractivity contribution in [3.63, 3.8) is 0 Å². The van der Waals surface area contributed by atoms with Crippen LogP contribution in [0.15, 0.2) is 36.8 Å². The van der Waals surface area contributed by atoms with Gasteiger partial charge in [-0.25, -0.2) is 4.98 Å². The number of aryl methyl sites for hydroxylation is 1. The van der Waals surface area contributed by atoms with Crippen molar-refractivity contribution < 1.29 is 4.79 Å². The second-order valence-corrected chi connectivity index (χ2v) is 3.62. The van der Waals surface area contributed by atoms with Crippen LogP contribution in [-0.4, -0.2) is 15.9 Å². The molecule has 0 unspecified atom stereocenters.